The lowest BCUT2D eigenvalue weighted by Gasteiger charge is -2.21. The summed E-state index contributed by atoms with van der Waals surface area (Å²) >= 11 is 6.33. The molecule has 1 atom stereocenters. The molecule has 0 spiro atoms. The summed E-state index contributed by atoms with van der Waals surface area (Å²) in [6, 6.07) is 6.85. The van der Waals surface area contributed by atoms with Crippen LogP contribution in [0, 0.1) is 6.92 Å². The van der Waals surface area contributed by atoms with E-state index < -0.39 is 0 Å². The predicted molar refractivity (Wildman–Crippen MR) is 91.1 cm³/mol. The zero-order valence-electron chi connectivity index (χ0n) is 13.7. The number of hydrogen-bond donors (Lipinski definition) is 0. The van der Waals surface area contributed by atoms with Crippen LogP contribution >= 0.6 is 11.6 Å². The maximum Gasteiger partial charge on any atom is 0.127 e. The SMILES string of the molecule is Cc1cccc2nc(C(C)Cl)n(CCCN(C)C(C)C)c12. The molecule has 0 saturated heterocycles. The Kier molecular flexibility index (Phi) is 5.28. The molecule has 1 unspecified atom stereocenters. The van der Waals surface area contributed by atoms with Crippen molar-refractivity contribution >= 4 is 22.6 Å². The van der Waals surface area contributed by atoms with Gasteiger partial charge in [-0.25, -0.2) is 4.98 Å². The van der Waals surface area contributed by atoms with Crippen molar-refractivity contribution in [2.45, 2.75) is 52.1 Å². The molecule has 0 amide bonds. The molecule has 1 heterocycles. The van der Waals surface area contributed by atoms with Gasteiger partial charge in [-0.2, -0.15) is 0 Å². The Bertz CT molecular complexity index is 601. The molecule has 2 aromatic rings. The van der Waals surface area contributed by atoms with Crippen molar-refractivity contribution in [3.8, 4) is 0 Å². The number of para-hydroxylation sites is 1. The summed E-state index contributed by atoms with van der Waals surface area (Å²) in [7, 11) is 2.17. The molecule has 116 valence electrons. The summed E-state index contributed by atoms with van der Waals surface area (Å²) in [5.41, 5.74) is 3.54. The molecule has 0 aliphatic carbocycles. The first kappa shape index (κ1) is 16.3. The fraction of sp³-hybridized carbons (Fsp3) is 0.588. The first-order chi connectivity index (χ1) is 9.91. The first-order valence-corrected chi connectivity index (χ1v) is 8.15. The van der Waals surface area contributed by atoms with Gasteiger partial charge in [0.2, 0.25) is 0 Å². The highest BCUT2D eigenvalue weighted by molar-refractivity contribution is 6.20. The molecule has 1 aromatic carbocycles. The van der Waals surface area contributed by atoms with E-state index in [1.165, 1.54) is 11.1 Å². The molecule has 0 radical (unpaired) electrons. The maximum absolute atomic E-state index is 6.33. The highest BCUT2D eigenvalue weighted by Gasteiger charge is 2.16. The molecule has 3 nitrogen and oxygen atoms in total. The molecule has 0 saturated carbocycles. The van der Waals surface area contributed by atoms with E-state index in [0.29, 0.717) is 6.04 Å². The van der Waals surface area contributed by atoms with Gasteiger partial charge in [-0.15, -0.1) is 11.6 Å². The van der Waals surface area contributed by atoms with Gasteiger partial charge in [0, 0.05) is 12.6 Å². The van der Waals surface area contributed by atoms with Gasteiger partial charge in [-0.3, -0.25) is 0 Å². The second kappa shape index (κ2) is 6.80. The number of aryl methyl sites for hydroxylation is 2. The number of rotatable bonds is 6. The highest BCUT2D eigenvalue weighted by Crippen LogP contribution is 2.26. The Hall–Kier alpha value is -1.06. The topological polar surface area (TPSA) is 21.1 Å². The van der Waals surface area contributed by atoms with Gasteiger partial charge < -0.3 is 9.47 Å². The summed E-state index contributed by atoms with van der Waals surface area (Å²) in [5.74, 6) is 0.980. The zero-order chi connectivity index (χ0) is 15.6. The first-order valence-electron chi connectivity index (χ1n) is 7.72. The van der Waals surface area contributed by atoms with Crippen molar-refractivity contribution in [2.75, 3.05) is 13.6 Å². The molecule has 2 rings (SSSR count). The number of imidazole rings is 1. The van der Waals surface area contributed by atoms with Gasteiger partial charge in [0.05, 0.1) is 16.4 Å². The van der Waals surface area contributed by atoms with Crippen molar-refractivity contribution in [3.05, 3.63) is 29.6 Å². The number of aromatic nitrogens is 2. The molecule has 0 fully saturated rings. The Morgan fingerprint density at radius 3 is 2.62 bits per heavy atom. The number of nitrogens with zero attached hydrogens (tertiary/aromatic N) is 3. The van der Waals surface area contributed by atoms with Crippen molar-refractivity contribution in [1.29, 1.82) is 0 Å². The summed E-state index contributed by atoms with van der Waals surface area (Å²) < 4.78 is 2.30. The van der Waals surface area contributed by atoms with Crippen molar-refractivity contribution < 1.29 is 0 Å². The Morgan fingerprint density at radius 1 is 1.29 bits per heavy atom. The Balaban J connectivity index is 2.26. The van der Waals surface area contributed by atoms with Crippen molar-refractivity contribution in [1.82, 2.24) is 14.5 Å². The third-order valence-electron chi connectivity index (χ3n) is 4.13. The zero-order valence-corrected chi connectivity index (χ0v) is 14.5. The molecular weight excluding hydrogens is 282 g/mol. The molecule has 4 heteroatoms. The quantitative estimate of drug-likeness (QED) is 0.739. The minimum Gasteiger partial charge on any atom is -0.326 e. The average molecular weight is 308 g/mol. The van der Waals surface area contributed by atoms with Crippen LogP contribution in [0.4, 0.5) is 0 Å². The standard InChI is InChI=1S/C17H26ClN3/c1-12(2)20(5)10-7-11-21-16-13(3)8-6-9-15(16)19-17(21)14(4)18/h6,8-9,12,14H,7,10-11H2,1-5H3. The van der Waals surface area contributed by atoms with Gasteiger partial charge in [0.15, 0.2) is 0 Å². The van der Waals surface area contributed by atoms with Crippen molar-refractivity contribution in [3.63, 3.8) is 0 Å². The van der Waals surface area contributed by atoms with Crippen LogP contribution in [0.3, 0.4) is 0 Å². The van der Waals surface area contributed by atoms with Crippen LogP contribution in [-0.2, 0) is 6.54 Å². The van der Waals surface area contributed by atoms with E-state index in [2.05, 4.69) is 55.5 Å². The minimum absolute atomic E-state index is 0.0698. The van der Waals surface area contributed by atoms with E-state index in [-0.39, 0.29) is 5.38 Å². The van der Waals surface area contributed by atoms with Crippen LogP contribution in [-0.4, -0.2) is 34.1 Å². The molecule has 0 bridgehead atoms. The molecule has 21 heavy (non-hydrogen) atoms. The summed E-state index contributed by atoms with van der Waals surface area (Å²) in [6.07, 6.45) is 1.10. The highest BCUT2D eigenvalue weighted by atomic mass is 35.5. The smallest absolute Gasteiger partial charge is 0.127 e. The number of alkyl halides is 1. The van der Waals surface area contributed by atoms with Gasteiger partial charge in [0.1, 0.15) is 5.82 Å². The molecular formula is C17H26ClN3. The summed E-state index contributed by atoms with van der Waals surface area (Å²) in [5, 5.41) is -0.0698. The van der Waals surface area contributed by atoms with E-state index in [1.54, 1.807) is 0 Å². The fourth-order valence-corrected chi connectivity index (χ4v) is 2.82. The number of benzene rings is 1. The number of fused-ring (bicyclic) bond motifs is 1. The third kappa shape index (κ3) is 3.58. The largest absolute Gasteiger partial charge is 0.326 e. The maximum atomic E-state index is 6.33. The van der Waals surface area contributed by atoms with E-state index in [0.717, 1.165) is 30.9 Å². The molecule has 0 aliphatic heterocycles. The molecule has 0 N–H and O–H groups in total. The van der Waals surface area contributed by atoms with Crippen LogP contribution in [0.1, 0.15) is 44.0 Å². The molecule has 0 aliphatic rings. The van der Waals surface area contributed by atoms with E-state index in [4.69, 9.17) is 16.6 Å². The summed E-state index contributed by atoms with van der Waals surface area (Å²) in [4.78, 5) is 7.09. The Morgan fingerprint density at radius 2 is 2.00 bits per heavy atom. The van der Waals surface area contributed by atoms with E-state index in [1.807, 2.05) is 6.92 Å². The normalized spacial score (nSPS) is 13.5. The van der Waals surface area contributed by atoms with Crippen LogP contribution in [0.15, 0.2) is 18.2 Å². The van der Waals surface area contributed by atoms with E-state index in [9.17, 15) is 0 Å². The van der Waals surface area contributed by atoms with Crippen LogP contribution in [0.5, 0.6) is 0 Å². The lowest BCUT2D eigenvalue weighted by Crippen LogP contribution is -2.28. The van der Waals surface area contributed by atoms with Crippen LogP contribution in [0.25, 0.3) is 11.0 Å². The minimum atomic E-state index is -0.0698. The third-order valence-corrected chi connectivity index (χ3v) is 4.32. The predicted octanol–water partition coefficient (Wildman–Crippen LogP) is 4.37. The fourth-order valence-electron chi connectivity index (χ4n) is 2.65. The van der Waals surface area contributed by atoms with Crippen LogP contribution < -0.4 is 0 Å². The van der Waals surface area contributed by atoms with Gasteiger partial charge in [-0.05, 0) is 59.3 Å². The second-order valence-electron chi connectivity index (χ2n) is 6.11. The van der Waals surface area contributed by atoms with E-state index >= 15 is 0 Å². The van der Waals surface area contributed by atoms with Gasteiger partial charge in [-0.1, -0.05) is 12.1 Å². The van der Waals surface area contributed by atoms with Crippen LogP contribution in [0.2, 0.25) is 0 Å². The monoisotopic (exact) mass is 307 g/mol. The average Bonchev–Trinajstić information content (AvgIpc) is 2.79. The lowest BCUT2D eigenvalue weighted by molar-refractivity contribution is 0.265. The van der Waals surface area contributed by atoms with Gasteiger partial charge in [0.25, 0.3) is 0 Å². The van der Waals surface area contributed by atoms with Crippen molar-refractivity contribution in [2.24, 2.45) is 0 Å². The Labute approximate surface area is 132 Å². The number of halogens is 1. The molecule has 1 aromatic heterocycles. The number of hydrogen-bond acceptors (Lipinski definition) is 2. The second-order valence-corrected chi connectivity index (χ2v) is 6.76. The summed E-state index contributed by atoms with van der Waals surface area (Å²) in [6.45, 7) is 10.6. The lowest BCUT2D eigenvalue weighted by atomic mass is 10.2. The van der Waals surface area contributed by atoms with Gasteiger partial charge >= 0.3 is 0 Å².